The molecule has 2 aliphatic heterocycles. The Morgan fingerprint density at radius 1 is 1.25 bits per heavy atom. The topological polar surface area (TPSA) is 78.7 Å². The number of imide groups is 1. The zero-order valence-electron chi connectivity index (χ0n) is 10.6. The third kappa shape index (κ3) is 1.56. The molecule has 2 saturated heterocycles. The minimum Gasteiger partial charge on any atom is -0.423 e. The van der Waals surface area contributed by atoms with E-state index in [1.165, 1.54) is 4.90 Å². The zero-order chi connectivity index (χ0) is 13.7. The van der Waals surface area contributed by atoms with Crippen LogP contribution < -0.4 is 10.2 Å². The first kappa shape index (κ1) is 11.3. The van der Waals surface area contributed by atoms with Gasteiger partial charge in [0.15, 0.2) is 5.58 Å². The van der Waals surface area contributed by atoms with E-state index in [1.807, 2.05) is 29.2 Å². The van der Waals surface area contributed by atoms with Gasteiger partial charge in [0.2, 0.25) is 5.91 Å². The largest absolute Gasteiger partial charge is 0.423 e. The monoisotopic (exact) mass is 272 g/mol. The maximum absolute atomic E-state index is 11.6. The number of oxazole rings is 1. The molecule has 0 radical (unpaired) electrons. The zero-order valence-corrected chi connectivity index (χ0v) is 10.6. The number of carbonyl (C=O) groups excluding carboxylic acids is 2. The third-order valence-electron chi connectivity index (χ3n) is 3.66. The lowest BCUT2D eigenvalue weighted by atomic mass is 10.1. The fourth-order valence-corrected chi connectivity index (χ4v) is 2.57. The van der Waals surface area contributed by atoms with E-state index in [9.17, 15) is 9.59 Å². The third-order valence-corrected chi connectivity index (χ3v) is 3.66. The van der Waals surface area contributed by atoms with Crippen molar-refractivity contribution in [1.29, 1.82) is 0 Å². The summed E-state index contributed by atoms with van der Waals surface area (Å²) in [6, 6.07) is 7.67. The Hall–Kier alpha value is -2.57. The second-order valence-corrected chi connectivity index (χ2v) is 4.95. The summed E-state index contributed by atoms with van der Waals surface area (Å²) in [6.07, 6.45) is 0. The molecule has 0 atom stereocenters. The van der Waals surface area contributed by atoms with Gasteiger partial charge in [-0.2, -0.15) is 4.98 Å². The van der Waals surface area contributed by atoms with Gasteiger partial charge in [-0.1, -0.05) is 12.1 Å². The van der Waals surface area contributed by atoms with Gasteiger partial charge in [-0.25, -0.2) is 4.79 Å². The van der Waals surface area contributed by atoms with Gasteiger partial charge in [0.25, 0.3) is 6.01 Å². The molecule has 20 heavy (non-hydrogen) atoms. The van der Waals surface area contributed by atoms with Crippen molar-refractivity contribution >= 4 is 29.1 Å². The quantitative estimate of drug-likeness (QED) is 0.808. The van der Waals surface area contributed by atoms with E-state index in [2.05, 4.69) is 10.3 Å². The minimum atomic E-state index is -0.308. The summed E-state index contributed by atoms with van der Waals surface area (Å²) in [6.45, 7) is 1.22. The van der Waals surface area contributed by atoms with Gasteiger partial charge in [0.05, 0.1) is 12.6 Å². The molecule has 7 heteroatoms. The average molecular weight is 272 g/mol. The Kier molecular flexibility index (Phi) is 2.23. The number of nitrogens with one attached hydrogen (secondary N) is 1. The molecular formula is C13H12N4O3. The number of hydrogen-bond acceptors (Lipinski definition) is 5. The summed E-state index contributed by atoms with van der Waals surface area (Å²) in [5.41, 5.74) is 1.54. The summed E-state index contributed by atoms with van der Waals surface area (Å²) in [7, 11) is 0. The van der Waals surface area contributed by atoms with Crippen LogP contribution in [0.3, 0.4) is 0 Å². The predicted molar refractivity (Wildman–Crippen MR) is 70.3 cm³/mol. The van der Waals surface area contributed by atoms with Gasteiger partial charge in [-0.05, 0) is 12.1 Å². The van der Waals surface area contributed by atoms with Crippen LogP contribution in [-0.4, -0.2) is 47.5 Å². The molecule has 4 rings (SSSR count). The number of hydrogen-bond donors (Lipinski definition) is 1. The molecule has 3 amide bonds. The van der Waals surface area contributed by atoms with Crippen molar-refractivity contribution < 1.29 is 14.0 Å². The van der Waals surface area contributed by atoms with Crippen LogP contribution in [0.15, 0.2) is 28.7 Å². The average Bonchev–Trinajstić information content (AvgIpc) is 2.94. The molecule has 0 unspecified atom stereocenters. The summed E-state index contributed by atoms with van der Waals surface area (Å²) in [5, 5.41) is 2.52. The van der Waals surface area contributed by atoms with Crippen LogP contribution in [0, 0.1) is 0 Å². The summed E-state index contributed by atoms with van der Waals surface area (Å²) in [4.78, 5) is 30.7. The lowest BCUT2D eigenvalue weighted by molar-refractivity contribution is -0.126. The standard InChI is InChI=1S/C13H12N4O3/c18-11-5-14-12(19)17(11)8-6-16(7-8)13-15-9-3-1-2-4-10(9)20-13/h1-4,8H,5-7H2,(H,14,19). The molecule has 1 aromatic carbocycles. The van der Waals surface area contributed by atoms with Gasteiger partial charge in [-0.3, -0.25) is 9.69 Å². The summed E-state index contributed by atoms with van der Waals surface area (Å²) >= 11 is 0. The Balaban J connectivity index is 1.51. The summed E-state index contributed by atoms with van der Waals surface area (Å²) in [5.74, 6) is -0.169. The number of carbonyl (C=O) groups is 2. The number of amides is 3. The van der Waals surface area contributed by atoms with Crippen LogP contribution >= 0.6 is 0 Å². The van der Waals surface area contributed by atoms with E-state index >= 15 is 0 Å². The maximum Gasteiger partial charge on any atom is 0.324 e. The van der Waals surface area contributed by atoms with Crippen LogP contribution in [0.2, 0.25) is 0 Å². The molecule has 0 spiro atoms. The second-order valence-electron chi connectivity index (χ2n) is 4.95. The fraction of sp³-hybridized carbons (Fsp3) is 0.308. The molecular weight excluding hydrogens is 260 g/mol. The number of aromatic nitrogens is 1. The van der Waals surface area contributed by atoms with Crippen molar-refractivity contribution in [1.82, 2.24) is 15.2 Å². The first-order valence-corrected chi connectivity index (χ1v) is 6.43. The number of rotatable bonds is 2. The van der Waals surface area contributed by atoms with E-state index < -0.39 is 0 Å². The molecule has 2 fully saturated rings. The Morgan fingerprint density at radius 3 is 2.75 bits per heavy atom. The Labute approximate surface area is 114 Å². The molecule has 1 N–H and O–H groups in total. The van der Waals surface area contributed by atoms with Crippen molar-refractivity contribution in [3.8, 4) is 0 Å². The smallest absolute Gasteiger partial charge is 0.324 e. The van der Waals surface area contributed by atoms with Gasteiger partial charge in [-0.15, -0.1) is 0 Å². The molecule has 102 valence electrons. The molecule has 0 bridgehead atoms. The fourth-order valence-electron chi connectivity index (χ4n) is 2.57. The first-order chi connectivity index (χ1) is 9.72. The van der Waals surface area contributed by atoms with E-state index in [0.717, 1.165) is 11.1 Å². The SMILES string of the molecule is O=C1CNC(=O)N1C1CN(c2nc3ccccc3o2)C1. The minimum absolute atomic E-state index is 0.0955. The van der Waals surface area contributed by atoms with E-state index in [4.69, 9.17) is 4.42 Å². The lowest BCUT2D eigenvalue weighted by Gasteiger charge is -2.41. The van der Waals surface area contributed by atoms with Crippen LogP contribution in [0.4, 0.5) is 10.8 Å². The first-order valence-electron chi connectivity index (χ1n) is 6.43. The van der Waals surface area contributed by atoms with Crippen molar-refractivity contribution in [2.24, 2.45) is 0 Å². The molecule has 1 aromatic heterocycles. The van der Waals surface area contributed by atoms with Crippen LogP contribution in [0.5, 0.6) is 0 Å². The number of fused-ring (bicyclic) bond motifs is 1. The Bertz CT molecular complexity index is 655. The van der Waals surface area contributed by atoms with Gasteiger partial charge in [0, 0.05) is 13.1 Å². The van der Waals surface area contributed by atoms with Crippen molar-refractivity contribution in [3.05, 3.63) is 24.3 Å². The number of urea groups is 1. The molecule has 2 aliphatic rings. The van der Waals surface area contributed by atoms with Crippen molar-refractivity contribution in [2.75, 3.05) is 24.5 Å². The second kappa shape index (κ2) is 3.96. The highest BCUT2D eigenvalue weighted by Crippen LogP contribution is 2.27. The predicted octanol–water partition coefficient (Wildman–Crippen LogP) is 0.568. The number of benzene rings is 1. The maximum atomic E-state index is 11.6. The van der Waals surface area contributed by atoms with Gasteiger partial charge in [0.1, 0.15) is 5.52 Å². The highest BCUT2D eigenvalue weighted by Gasteiger charge is 2.42. The van der Waals surface area contributed by atoms with E-state index in [1.54, 1.807) is 0 Å². The molecule has 7 nitrogen and oxygen atoms in total. The summed E-state index contributed by atoms with van der Waals surface area (Å²) < 4.78 is 5.65. The van der Waals surface area contributed by atoms with Gasteiger partial charge >= 0.3 is 6.03 Å². The number of anilines is 1. The molecule has 0 aliphatic carbocycles. The molecule has 0 saturated carbocycles. The van der Waals surface area contributed by atoms with Crippen LogP contribution in [0.1, 0.15) is 0 Å². The van der Waals surface area contributed by atoms with Crippen molar-refractivity contribution in [2.45, 2.75) is 6.04 Å². The van der Waals surface area contributed by atoms with E-state index in [0.29, 0.717) is 19.1 Å². The highest BCUT2D eigenvalue weighted by molar-refractivity contribution is 6.02. The van der Waals surface area contributed by atoms with Crippen molar-refractivity contribution in [3.63, 3.8) is 0 Å². The Morgan fingerprint density at radius 2 is 2.05 bits per heavy atom. The normalized spacial score (nSPS) is 19.6. The number of nitrogens with zero attached hydrogens (tertiary/aromatic N) is 3. The molecule has 3 heterocycles. The number of para-hydroxylation sites is 2. The van der Waals surface area contributed by atoms with Crippen LogP contribution in [-0.2, 0) is 4.79 Å². The van der Waals surface area contributed by atoms with Crippen LogP contribution in [0.25, 0.3) is 11.1 Å². The molecule has 2 aromatic rings. The highest BCUT2D eigenvalue weighted by atomic mass is 16.4. The lowest BCUT2D eigenvalue weighted by Crippen LogP contribution is -2.61. The van der Waals surface area contributed by atoms with Gasteiger partial charge < -0.3 is 14.6 Å². The van der Waals surface area contributed by atoms with E-state index in [-0.39, 0.29) is 24.5 Å².